The molecule has 1 heterocycles. The maximum atomic E-state index is 11.1. The molecule has 4 nitrogen and oxygen atoms in total. The standard InChI is InChI=1S/C12H15NO3S2/c1-8(9(2)16-18(3,14)15)12-13-10-6-4-5-7-11(10)17-12/h4-9H,1-3H3/t8-,9+/m1/s1. The predicted molar refractivity (Wildman–Crippen MR) is 73.4 cm³/mol. The molecule has 1 aromatic carbocycles. The van der Waals surface area contributed by atoms with Gasteiger partial charge < -0.3 is 0 Å². The predicted octanol–water partition coefficient (Wildman–Crippen LogP) is 2.76. The van der Waals surface area contributed by atoms with Crippen LogP contribution in [0.5, 0.6) is 0 Å². The van der Waals surface area contributed by atoms with Gasteiger partial charge in [0.2, 0.25) is 0 Å². The Morgan fingerprint density at radius 1 is 1.28 bits per heavy atom. The summed E-state index contributed by atoms with van der Waals surface area (Å²) < 4.78 is 28.3. The van der Waals surface area contributed by atoms with Crippen LogP contribution in [0.3, 0.4) is 0 Å². The third-order valence-corrected chi connectivity index (χ3v) is 4.62. The largest absolute Gasteiger partial charge is 0.267 e. The zero-order chi connectivity index (χ0) is 13.3. The van der Waals surface area contributed by atoms with Crippen molar-refractivity contribution in [3.8, 4) is 0 Å². The van der Waals surface area contributed by atoms with Crippen molar-refractivity contribution in [2.45, 2.75) is 25.9 Å². The highest BCUT2D eigenvalue weighted by Crippen LogP contribution is 2.30. The summed E-state index contributed by atoms with van der Waals surface area (Å²) in [5.74, 6) is -0.0582. The van der Waals surface area contributed by atoms with E-state index in [1.807, 2.05) is 31.2 Å². The van der Waals surface area contributed by atoms with Crippen molar-refractivity contribution in [1.29, 1.82) is 0 Å². The second kappa shape index (κ2) is 4.95. The van der Waals surface area contributed by atoms with Crippen molar-refractivity contribution in [3.05, 3.63) is 29.3 Å². The average molecular weight is 285 g/mol. The third-order valence-electron chi connectivity index (χ3n) is 2.73. The molecular weight excluding hydrogens is 270 g/mol. The Bertz CT molecular complexity index is 615. The Labute approximate surface area is 111 Å². The molecule has 0 amide bonds. The minimum absolute atomic E-state index is 0.0582. The van der Waals surface area contributed by atoms with E-state index in [1.54, 1.807) is 18.3 Å². The lowest BCUT2D eigenvalue weighted by Crippen LogP contribution is -2.20. The smallest absolute Gasteiger partial charge is 0.264 e. The van der Waals surface area contributed by atoms with Crippen LogP contribution in [-0.4, -0.2) is 25.8 Å². The third kappa shape index (κ3) is 3.07. The Morgan fingerprint density at radius 2 is 1.94 bits per heavy atom. The monoisotopic (exact) mass is 285 g/mol. The maximum absolute atomic E-state index is 11.1. The van der Waals surface area contributed by atoms with Crippen LogP contribution < -0.4 is 0 Å². The van der Waals surface area contributed by atoms with Crippen LogP contribution in [0.1, 0.15) is 24.8 Å². The van der Waals surface area contributed by atoms with E-state index in [0.717, 1.165) is 21.5 Å². The molecule has 0 aliphatic carbocycles. The average Bonchev–Trinajstić information content (AvgIpc) is 2.68. The van der Waals surface area contributed by atoms with Gasteiger partial charge in [-0.2, -0.15) is 8.42 Å². The van der Waals surface area contributed by atoms with Crippen LogP contribution in [0.15, 0.2) is 24.3 Å². The summed E-state index contributed by atoms with van der Waals surface area (Å²) >= 11 is 1.57. The van der Waals surface area contributed by atoms with Crippen molar-refractivity contribution in [2.24, 2.45) is 0 Å². The summed E-state index contributed by atoms with van der Waals surface area (Å²) in [5.41, 5.74) is 0.941. The van der Waals surface area contributed by atoms with Crippen LogP contribution >= 0.6 is 11.3 Å². The number of benzene rings is 1. The van der Waals surface area contributed by atoms with E-state index in [-0.39, 0.29) is 5.92 Å². The number of aromatic nitrogens is 1. The molecule has 0 spiro atoms. The van der Waals surface area contributed by atoms with Crippen LogP contribution in [0.4, 0.5) is 0 Å². The number of rotatable bonds is 4. The Hall–Kier alpha value is -0.980. The Kier molecular flexibility index (Phi) is 3.70. The van der Waals surface area contributed by atoms with Gasteiger partial charge in [0, 0.05) is 5.92 Å². The van der Waals surface area contributed by atoms with Gasteiger partial charge in [-0.25, -0.2) is 4.98 Å². The molecule has 2 rings (SSSR count). The van der Waals surface area contributed by atoms with E-state index in [1.165, 1.54) is 0 Å². The molecule has 0 radical (unpaired) electrons. The van der Waals surface area contributed by atoms with Gasteiger partial charge in [-0.3, -0.25) is 4.18 Å². The Balaban J connectivity index is 2.25. The normalized spacial score (nSPS) is 15.7. The van der Waals surface area contributed by atoms with Crippen molar-refractivity contribution in [1.82, 2.24) is 4.98 Å². The van der Waals surface area contributed by atoms with Gasteiger partial charge >= 0.3 is 0 Å². The van der Waals surface area contributed by atoms with E-state index in [0.29, 0.717) is 0 Å². The van der Waals surface area contributed by atoms with Crippen LogP contribution in [0, 0.1) is 0 Å². The molecule has 2 aromatic rings. The summed E-state index contributed by atoms with van der Waals surface area (Å²) in [6.45, 7) is 3.67. The second-order valence-corrected chi connectivity index (χ2v) is 6.98. The summed E-state index contributed by atoms with van der Waals surface area (Å²) in [5, 5.41) is 0.896. The zero-order valence-electron chi connectivity index (χ0n) is 10.5. The summed E-state index contributed by atoms with van der Waals surface area (Å²) in [6.07, 6.45) is 0.648. The number of fused-ring (bicyclic) bond motifs is 1. The molecular formula is C12H15NO3S2. The fourth-order valence-corrected chi connectivity index (χ4v) is 3.47. The van der Waals surface area contributed by atoms with E-state index in [4.69, 9.17) is 4.18 Å². The molecule has 0 bridgehead atoms. The summed E-state index contributed by atoms with van der Waals surface area (Å²) in [4.78, 5) is 4.51. The maximum Gasteiger partial charge on any atom is 0.264 e. The first-order chi connectivity index (χ1) is 8.37. The molecule has 6 heteroatoms. The first-order valence-corrected chi connectivity index (χ1v) is 8.24. The molecule has 1 aromatic heterocycles. The van der Waals surface area contributed by atoms with Crippen LogP contribution in [0.25, 0.3) is 10.2 Å². The lowest BCUT2D eigenvalue weighted by Gasteiger charge is -2.16. The molecule has 0 aliphatic heterocycles. The van der Waals surface area contributed by atoms with Crippen molar-refractivity contribution < 1.29 is 12.6 Å². The zero-order valence-corrected chi connectivity index (χ0v) is 12.1. The number of nitrogens with zero attached hydrogens (tertiary/aromatic N) is 1. The quantitative estimate of drug-likeness (QED) is 0.811. The molecule has 0 N–H and O–H groups in total. The van der Waals surface area contributed by atoms with E-state index in [9.17, 15) is 8.42 Å². The SMILES string of the molecule is C[C@H](OS(C)(=O)=O)[C@@H](C)c1nc2ccccc2s1. The molecule has 98 valence electrons. The number of thiazole rings is 1. The first-order valence-electron chi connectivity index (χ1n) is 5.60. The lowest BCUT2D eigenvalue weighted by atomic mass is 10.1. The van der Waals surface area contributed by atoms with E-state index >= 15 is 0 Å². The molecule has 2 atom stereocenters. The molecule has 0 saturated carbocycles. The van der Waals surface area contributed by atoms with Crippen molar-refractivity contribution >= 4 is 31.7 Å². The minimum atomic E-state index is -3.43. The topological polar surface area (TPSA) is 56.3 Å². The highest BCUT2D eigenvalue weighted by Gasteiger charge is 2.22. The highest BCUT2D eigenvalue weighted by atomic mass is 32.2. The molecule has 0 fully saturated rings. The van der Waals surface area contributed by atoms with Gasteiger partial charge in [0.25, 0.3) is 10.1 Å². The molecule has 0 aliphatic rings. The van der Waals surface area contributed by atoms with Gasteiger partial charge in [0.1, 0.15) is 0 Å². The van der Waals surface area contributed by atoms with Gasteiger partial charge in [-0.05, 0) is 19.1 Å². The lowest BCUT2D eigenvalue weighted by molar-refractivity contribution is 0.205. The van der Waals surface area contributed by atoms with Gasteiger partial charge in [-0.1, -0.05) is 19.1 Å². The van der Waals surface area contributed by atoms with Gasteiger partial charge in [0.05, 0.1) is 27.6 Å². The first kappa shape index (κ1) is 13.5. The summed E-state index contributed by atoms with van der Waals surface area (Å²) in [7, 11) is -3.43. The molecule has 18 heavy (non-hydrogen) atoms. The number of para-hydroxylation sites is 1. The molecule has 0 unspecified atom stereocenters. The van der Waals surface area contributed by atoms with Crippen molar-refractivity contribution in [2.75, 3.05) is 6.26 Å². The van der Waals surface area contributed by atoms with Crippen LogP contribution in [0.2, 0.25) is 0 Å². The minimum Gasteiger partial charge on any atom is -0.267 e. The second-order valence-electron chi connectivity index (χ2n) is 4.31. The van der Waals surface area contributed by atoms with Crippen molar-refractivity contribution in [3.63, 3.8) is 0 Å². The fraction of sp³-hybridized carbons (Fsp3) is 0.417. The molecule has 0 saturated heterocycles. The van der Waals surface area contributed by atoms with Gasteiger partial charge in [0.15, 0.2) is 0 Å². The number of hydrogen-bond donors (Lipinski definition) is 0. The summed E-state index contributed by atoms with van der Waals surface area (Å²) in [6, 6.07) is 7.85. The van der Waals surface area contributed by atoms with Gasteiger partial charge in [-0.15, -0.1) is 11.3 Å². The van der Waals surface area contributed by atoms with E-state index < -0.39 is 16.2 Å². The van der Waals surface area contributed by atoms with Crippen LogP contribution in [-0.2, 0) is 14.3 Å². The Morgan fingerprint density at radius 3 is 2.56 bits per heavy atom. The fourth-order valence-electron chi connectivity index (χ4n) is 1.64. The van der Waals surface area contributed by atoms with E-state index in [2.05, 4.69) is 4.98 Å². The number of hydrogen-bond acceptors (Lipinski definition) is 5. The highest BCUT2D eigenvalue weighted by molar-refractivity contribution is 7.86.